The molecule has 1 aliphatic rings. The van der Waals surface area contributed by atoms with Crippen LogP contribution in [-0.2, 0) is 4.79 Å². The molecular formula is C16H21N3O2. The molecular weight excluding hydrogens is 266 g/mol. The minimum Gasteiger partial charge on any atom is -0.492 e. The number of hydrogen-bond acceptors (Lipinski definition) is 4. The molecule has 1 amide bonds. The highest BCUT2D eigenvalue weighted by Crippen LogP contribution is 2.21. The van der Waals surface area contributed by atoms with Crippen molar-refractivity contribution in [2.75, 3.05) is 33.3 Å². The van der Waals surface area contributed by atoms with E-state index in [0.29, 0.717) is 24.5 Å². The maximum atomic E-state index is 12.2. The van der Waals surface area contributed by atoms with Gasteiger partial charge in [0.05, 0.1) is 17.2 Å². The molecule has 5 nitrogen and oxygen atoms in total. The van der Waals surface area contributed by atoms with E-state index in [0.717, 1.165) is 13.1 Å². The van der Waals surface area contributed by atoms with Crippen LogP contribution in [0.4, 0.5) is 0 Å². The maximum absolute atomic E-state index is 12.2. The second-order valence-corrected chi connectivity index (χ2v) is 5.76. The first-order valence-corrected chi connectivity index (χ1v) is 7.09. The molecule has 2 rings (SSSR count). The molecule has 1 heterocycles. The summed E-state index contributed by atoms with van der Waals surface area (Å²) in [6.45, 7) is 6.66. The fraction of sp³-hybridized carbons (Fsp3) is 0.500. The van der Waals surface area contributed by atoms with E-state index in [1.54, 1.807) is 23.1 Å². The molecule has 112 valence electrons. The third-order valence-corrected chi connectivity index (χ3v) is 3.96. The summed E-state index contributed by atoms with van der Waals surface area (Å²) < 4.78 is 5.69. The number of nitrogens with zero attached hydrogens (tertiary/aromatic N) is 3. The van der Waals surface area contributed by atoms with Crippen molar-refractivity contribution in [1.82, 2.24) is 9.80 Å². The average molecular weight is 287 g/mol. The summed E-state index contributed by atoms with van der Waals surface area (Å²) in [5.41, 5.74) is 0.0906. The summed E-state index contributed by atoms with van der Waals surface area (Å²) in [6, 6.07) is 9.20. The van der Waals surface area contributed by atoms with Gasteiger partial charge >= 0.3 is 0 Å². The van der Waals surface area contributed by atoms with E-state index in [1.807, 2.05) is 27.0 Å². The van der Waals surface area contributed by atoms with Crippen molar-refractivity contribution < 1.29 is 9.53 Å². The predicted molar refractivity (Wildman–Crippen MR) is 79.9 cm³/mol. The zero-order valence-electron chi connectivity index (χ0n) is 12.8. The van der Waals surface area contributed by atoms with Crippen LogP contribution in [0.5, 0.6) is 5.75 Å². The molecule has 0 unspecified atom stereocenters. The predicted octanol–water partition coefficient (Wildman–Crippen LogP) is 1.49. The van der Waals surface area contributed by atoms with Crippen LogP contribution in [0, 0.1) is 11.3 Å². The van der Waals surface area contributed by atoms with Gasteiger partial charge in [0.1, 0.15) is 12.4 Å². The van der Waals surface area contributed by atoms with E-state index in [4.69, 9.17) is 10.00 Å². The van der Waals surface area contributed by atoms with Gasteiger partial charge < -0.3 is 9.64 Å². The lowest BCUT2D eigenvalue weighted by atomic mass is 9.98. The summed E-state index contributed by atoms with van der Waals surface area (Å²) in [4.78, 5) is 16.1. The number of nitriles is 1. The van der Waals surface area contributed by atoms with Gasteiger partial charge in [0.25, 0.3) is 0 Å². The lowest BCUT2D eigenvalue weighted by Crippen LogP contribution is -2.62. The summed E-state index contributed by atoms with van der Waals surface area (Å²) in [6.07, 6.45) is 0. The van der Waals surface area contributed by atoms with Crippen molar-refractivity contribution in [2.45, 2.75) is 19.4 Å². The first kappa shape index (κ1) is 15.3. The lowest BCUT2D eigenvalue weighted by molar-refractivity contribution is -0.147. The van der Waals surface area contributed by atoms with Gasteiger partial charge in [-0.3, -0.25) is 9.69 Å². The summed E-state index contributed by atoms with van der Waals surface area (Å²) in [5, 5.41) is 8.86. The minimum absolute atomic E-state index is 0.139. The number of amides is 1. The molecule has 0 aliphatic carbocycles. The van der Waals surface area contributed by atoms with Gasteiger partial charge in [-0.05, 0) is 32.0 Å². The molecule has 1 saturated heterocycles. The molecule has 21 heavy (non-hydrogen) atoms. The monoisotopic (exact) mass is 287 g/mol. The number of rotatable bonds is 4. The van der Waals surface area contributed by atoms with E-state index in [1.165, 1.54) is 0 Å². The first-order chi connectivity index (χ1) is 9.95. The highest BCUT2D eigenvalue weighted by Gasteiger charge is 2.39. The molecule has 0 N–H and O–H groups in total. The van der Waals surface area contributed by atoms with E-state index >= 15 is 0 Å². The van der Waals surface area contributed by atoms with Crippen LogP contribution >= 0.6 is 0 Å². The molecule has 0 aromatic heterocycles. The largest absolute Gasteiger partial charge is 0.492 e. The third kappa shape index (κ3) is 3.34. The number of ether oxygens (including phenoxy) is 1. The number of hydrogen-bond donors (Lipinski definition) is 0. The molecule has 0 radical (unpaired) electrons. The fourth-order valence-corrected chi connectivity index (χ4v) is 2.57. The smallest absolute Gasteiger partial charge is 0.242 e. The van der Waals surface area contributed by atoms with Crippen molar-refractivity contribution in [3.05, 3.63) is 29.8 Å². The summed E-state index contributed by atoms with van der Waals surface area (Å²) in [7, 11) is 1.84. The Morgan fingerprint density at radius 2 is 2.14 bits per heavy atom. The Labute approximate surface area is 125 Å². The molecule has 5 heteroatoms. The Morgan fingerprint density at radius 3 is 2.86 bits per heavy atom. The number of benzene rings is 1. The molecule has 1 aliphatic heterocycles. The zero-order chi connectivity index (χ0) is 15.5. The Hall–Kier alpha value is -2.06. The normalized spacial score (nSPS) is 18.4. The molecule has 0 bridgehead atoms. The van der Waals surface area contributed by atoms with Crippen molar-refractivity contribution >= 4 is 5.91 Å². The van der Waals surface area contributed by atoms with Crippen molar-refractivity contribution in [2.24, 2.45) is 0 Å². The number of carbonyl (C=O) groups is 1. The van der Waals surface area contributed by atoms with Crippen LogP contribution < -0.4 is 4.74 Å². The topological polar surface area (TPSA) is 56.6 Å². The van der Waals surface area contributed by atoms with Gasteiger partial charge in [0.2, 0.25) is 5.91 Å². The Kier molecular flexibility index (Phi) is 4.49. The number of likely N-dealkylation sites (N-methyl/N-ethyl adjacent to an activating group) is 1. The number of piperazine rings is 1. The van der Waals surface area contributed by atoms with Crippen molar-refractivity contribution in [3.63, 3.8) is 0 Å². The van der Waals surface area contributed by atoms with Crippen LogP contribution in [0.15, 0.2) is 24.3 Å². The first-order valence-electron chi connectivity index (χ1n) is 7.09. The molecule has 1 aromatic rings. The van der Waals surface area contributed by atoms with Gasteiger partial charge in [-0.2, -0.15) is 5.26 Å². The molecule has 1 aromatic carbocycles. The summed E-state index contributed by atoms with van der Waals surface area (Å²) >= 11 is 0. The van der Waals surface area contributed by atoms with Gasteiger partial charge in [-0.1, -0.05) is 6.07 Å². The molecule has 1 fully saturated rings. The van der Waals surface area contributed by atoms with Crippen LogP contribution in [-0.4, -0.2) is 54.5 Å². The maximum Gasteiger partial charge on any atom is 0.242 e. The van der Waals surface area contributed by atoms with Crippen LogP contribution in [0.2, 0.25) is 0 Å². The van der Waals surface area contributed by atoms with E-state index in [9.17, 15) is 4.79 Å². The van der Waals surface area contributed by atoms with Crippen LogP contribution in [0.3, 0.4) is 0 Å². The van der Waals surface area contributed by atoms with Crippen molar-refractivity contribution in [1.29, 1.82) is 5.26 Å². The van der Waals surface area contributed by atoms with Crippen LogP contribution in [0.1, 0.15) is 19.4 Å². The fourth-order valence-electron chi connectivity index (χ4n) is 2.57. The van der Waals surface area contributed by atoms with Crippen LogP contribution in [0.25, 0.3) is 0 Å². The van der Waals surface area contributed by atoms with Gasteiger partial charge in [-0.15, -0.1) is 0 Å². The van der Waals surface area contributed by atoms with Gasteiger partial charge in [0, 0.05) is 26.7 Å². The Balaban J connectivity index is 1.91. The summed E-state index contributed by atoms with van der Waals surface area (Å²) in [5.74, 6) is 0.826. The standard InChI is InChI=1S/C16H21N3O2/c1-16(2)15(20)18(3)7-8-19(16)9-10-21-14-6-4-5-13(11-14)12-17/h4-6,11H,7-10H2,1-3H3. The Morgan fingerprint density at radius 1 is 1.38 bits per heavy atom. The minimum atomic E-state index is -0.495. The van der Waals surface area contributed by atoms with Gasteiger partial charge in [0.15, 0.2) is 0 Å². The van der Waals surface area contributed by atoms with E-state index < -0.39 is 5.54 Å². The average Bonchev–Trinajstić information content (AvgIpc) is 2.48. The third-order valence-electron chi connectivity index (χ3n) is 3.96. The molecule has 0 spiro atoms. The molecule has 0 atom stereocenters. The Bertz CT molecular complexity index is 563. The second kappa shape index (κ2) is 6.15. The quantitative estimate of drug-likeness (QED) is 0.842. The second-order valence-electron chi connectivity index (χ2n) is 5.76. The number of carbonyl (C=O) groups excluding carboxylic acids is 1. The molecule has 0 saturated carbocycles. The lowest BCUT2D eigenvalue weighted by Gasteiger charge is -2.44. The van der Waals surface area contributed by atoms with E-state index in [-0.39, 0.29) is 5.91 Å². The highest BCUT2D eigenvalue weighted by atomic mass is 16.5. The van der Waals surface area contributed by atoms with Gasteiger partial charge in [-0.25, -0.2) is 0 Å². The SMILES string of the molecule is CN1CCN(CCOc2cccc(C#N)c2)C(C)(C)C1=O. The zero-order valence-corrected chi connectivity index (χ0v) is 12.8. The van der Waals surface area contributed by atoms with E-state index in [2.05, 4.69) is 11.0 Å². The van der Waals surface area contributed by atoms with Crippen molar-refractivity contribution in [3.8, 4) is 11.8 Å². The highest BCUT2D eigenvalue weighted by molar-refractivity contribution is 5.86.